The van der Waals surface area contributed by atoms with Gasteiger partial charge in [-0.1, -0.05) is 27.7 Å². The third-order valence-electron chi connectivity index (χ3n) is 4.43. The van der Waals surface area contributed by atoms with Crippen molar-refractivity contribution in [2.45, 2.75) is 65.8 Å². The van der Waals surface area contributed by atoms with Crippen molar-refractivity contribution in [3.63, 3.8) is 0 Å². The minimum absolute atomic E-state index is 0. The molecule has 0 aromatic rings. The van der Waals surface area contributed by atoms with Gasteiger partial charge in [-0.25, -0.2) is 0 Å². The summed E-state index contributed by atoms with van der Waals surface area (Å²) in [4.78, 5) is 35.2. The van der Waals surface area contributed by atoms with Crippen LogP contribution in [0.4, 0.5) is 0 Å². The van der Waals surface area contributed by atoms with E-state index in [4.69, 9.17) is 9.47 Å². The van der Waals surface area contributed by atoms with Crippen LogP contribution in [0.3, 0.4) is 0 Å². The van der Waals surface area contributed by atoms with Gasteiger partial charge in [0.15, 0.2) is 5.78 Å². The van der Waals surface area contributed by atoms with E-state index in [0.29, 0.717) is 26.2 Å². The number of amides is 2. The maximum Gasteiger partial charge on any atom is 0.223 e. The van der Waals surface area contributed by atoms with Gasteiger partial charge in [0, 0.05) is 40.8 Å². The average molecular weight is 391 g/mol. The minimum Gasteiger partial charge on any atom is -0.384 e. The fourth-order valence-corrected chi connectivity index (χ4v) is 2.72. The molecule has 1 aliphatic rings. The normalized spacial score (nSPS) is 19.0. The van der Waals surface area contributed by atoms with Crippen LogP contribution in [-0.2, 0) is 23.9 Å². The van der Waals surface area contributed by atoms with Crippen LogP contribution in [0.15, 0.2) is 0 Å². The SMILES string of the molecule is CC.COCCC(=O)NC1CCC(C(=O)NCCOCC(=O)C(C)C)CC1.[HH].[HH]. The number of methoxy groups -OCH3 is 1. The molecule has 7 heteroatoms. The van der Waals surface area contributed by atoms with Crippen LogP contribution in [0.2, 0.25) is 0 Å². The van der Waals surface area contributed by atoms with E-state index in [9.17, 15) is 14.4 Å². The van der Waals surface area contributed by atoms with Crippen LogP contribution in [-0.4, -0.2) is 57.1 Å². The van der Waals surface area contributed by atoms with Crippen LogP contribution in [0.1, 0.15) is 62.7 Å². The van der Waals surface area contributed by atoms with E-state index in [1.165, 1.54) is 0 Å². The summed E-state index contributed by atoms with van der Waals surface area (Å²) in [7, 11) is 1.57. The molecule has 0 heterocycles. The Labute approximate surface area is 166 Å². The quantitative estimate of drug-likeness (QED) is 0.529. The molecule has 0 unspecified atom stereocenters. The molecule has 0 spiro atoms. The van der Waals surface area contributed by atoms with Crippen molar-refractivity contribution in [2.24, 2.45) is 11.8 Å². The van der Waals surface area contributed by atoms with Crippen molar-refractivity contribution < 1.29 is 26.7 Å². The third kappa shape index (κ3) is 11.8. The average Bonchev–Trinajstić information content (AvgIpc) is 2.67. The van der Waals surface area contributed by atoms with Gasteiger partial charge >= 0.3 is 0 Å². The van der Waals surface area contributed by atoms with Gasteiger partial charge < -0.3 is 20.1 Å². The molecule has 2 N–H and O–H groups in total. The van der Waals surface area contributed by atoms with Crippen LogP contribution in [0.25, 0.3) is 0 Å². The molecule has 162 valence electrons. The summed E-state index contributed by atoms with van der Waals surface area (Å²) in [6, 6.07) is 0.152. The first kappa shape index (κ1) is 25.5. The lowest BCUT2D eigenvalue weighted by Crippen LogP contribution is -2.41. The second-order valence-electron chi connectivity index (χ2n) is 6.82. The first-order valence-electron chi connectivity index (χ1n) is 10.1. The number of hydrogen-bond acceptors (Lipinski definition) is 5. The number of carbonyl (C=O) groups is 3. The number of rotatable bonds is 11. The van der Waals surface area contributed by atoms with E-state index in [2.05, 4.69) is 10.6 Å². The first-order chi connectivity index (χ1) is 12.9. The smallest absolute Gasteiger partial charge is 0.223 e. The summed E-state index contributed by atoms with van der Waals surface area (Å²) >= 11 is 0. The van der Waals surface area contributed by atoms with Crippen LogP contribution < -0.4 is 10.6 Å². The van der Waals surface area contributed by atoms with Crippen molar-refractivity contribution in [1.82, 2.24) is 10.6 Å². The topological polar surface area (TPSA) is 93.7 Å². The molecule has 0 aromatic heterocycles. The van der Waals surface area contributed by atoms with Gasteiger partial charge in [-0.05, 0) is 25.7 Å². The molecule has 1 aliphatic carbocycles. The lowest BCUT2D eigenvalue weighted by molar-refractivity contribution is -0.127. The highest BCUT2D eigenvalue weighted by molar-refractivity contribution is 5.81. The van der Waals surface area contributed by atoms with Gasteiger partial charge in [0.2, 0.25) is 11.8 Å². The van der Waals surface area contributed by atoms with Crippen molar-refractivity contribution in [2.75, 3.05) is 33.5 Å². The zero-order chi connectivity index (χ0) is 20.7. The van der Waals surface area contributed by atoms with E-state index in [1.807, 2.05) is 27.7 Å². The van der Waals surface area contributed by atoms with Crippen LogP contribution >= 0.6 is 0 Å². The summed E-state index contributed by atoms with van der Waals surface area (Å²) in [5.41, 5.74) is 0. The molecule has 0 bridgehead atoms. The zero-order valence-electron chi connectivity index (χ0n) is 17.6. The van der Waals surface area contributed by atoms with E-state index >= 15 is 0 Å². The fraction of sp³-hybridized carbons (Fsp3) is 0.850. The standard InChI is InChI=1S/C18H32N2O5.C2H6.2H2/c1-13(2)16(21)12-25-11-9-19-18(23)14-4-6-15(7-5-14)20-17(22)8-10-24-3;1-2;;/h13-15H,4-12H2,1-3H3,(H,19,23)(H,20,22);1-2H3;2*1H. The van der Waals surface area contributed by atoms with E-state index < -0.39 is 0 Å². The highest BCUT2D eigenvalue weighted by Gasteiger charge is 2.26. The van der Waals surface area contributed by atoms with Gasteiger partial charge in [0.1, 0.15) is 6.61 Å². The summed E-state index contributed by atoms with van der Waals surface area (Å²) in [6.07, 6.45) is 3.55. The lowest BCUT2D eigenvalue weighted by atomic mass is 9.85. The maximum absolute atomic E-state index is 12.1. The Kier molecular flexibility index (Phi) is 14.7. The monoisotopic (exact) mass is 390 g/mol. The molecule has 1 rings (SSSR count). The largest absolute Gasteiger partial charge is 0.384 e. The first-order valence-corrected chi connectivity index (χ1v) is 10.1. The molecule has 0 aromatic carbocycles. The van der Waals surface area contributed by atoms with E-state index in [1.54, 1.807) is 7.11 Å². The van der Waals surface area contributed by atoms with E-state index in [0.717, 1.165) is 25.7 Å². The Hall–Kier alpha value is -1.47. The Bertz CT molecular complexity index is 443. The number of Topliss-reactive ketones (excluding diaryl/α,β-unsaturated/α-hetero) is 1. The van der Waals surface area contributed by atoms with Crippen molar-refractivity contribution >= 4 is 17.6 Å². The third-order valence-corrected chi connectivity index (χ3v) is 4.43. The molecule has 27 heavy (non-hydrogen) atoms. The molecule has 1 saturated carbocycles. The molecule has 7 nitrogen and oxygen atoms in total. The highest BCUT2D eigenvalue weighted by Crippen LogP contribution is 2.24. The predicted molar refractivity (Wildman–Crippen MR) is 110 cm³/mol. The Balaban J connectivity index is -0.00000163. The van der Waals surface area contributed by atoms with Crippen molar-refractivity contribution in [1.29, 1.82) is 0 Å². The predicted octanol–water partition coefficient (Wildman–Crippen LogP) is 2.57. The summed E-state index contributed by atoms with van der Waals surface area (Å²) in [5, 5.41) is 5.85. The summed E-state index contributed by atoms with van der Waals surface area (Å²) in [5.74, 6) is 0.0622. The van der Waals surface area contributed by atoms with E-state index in [-0.39, 0.29) is 44.9 Å². The maximum atomic E-state index is 12.1. The van der Waals surface area contributed by atoms with Crippen LogP contribution in [0.5, 0.6) is 0 Å². The van der Waals surface area contributed by atoms with Gasteiger partial charge in [0.25, 0.3) is 0 Å². The van der Waals surface area contributed by atoms with Gasteiger partial charge in [0.05, 0.1) is 13.2 Å². The summed E-state index contributed by atoms with van der Waals surface area (Å²) in [6.45, 7) is 8.95. The second kappa shape index (κ2) is 15.6. The second-order valence-corrected chi connectivity index (χ2v) is 6.82. The lowest BCUT2D eigenvalue weighted by Gasteiger charge is -2.28. The summed E-state index contributed by atoms with van der Waals surface area (Å²) < 4.78 is 10.2. The van der Waals surface area contributed by atoms with Crippen LogP contribution in [0, 0.1) is 11.8 Å². The highest BCUT2D eigenvalue weighted by atomic mass is 16.5. The molecular weight excluding hydrogens is 348 g/mol. The zero-order valence-corrected chi connectivity index (χ0v) is 17.6. The van der Waals surface area contributed by atoms with Gasteiger partial charge in [-0.15, -0.1) is 0 Å². The van der Waals surface area contributed by atoms with Crippen molar-refractivity contribution in [3.05, 3.63) is 0 Å². The minimum atomic E-state index is -0.0280. The Morgan fingerprint density at radius 1 is 1.07 bits per heavy atom. The molecule has 0 radical (unpaired) electrons. The molecule has 1 fully saturated rings. The molecule has 0 atom stereocenters. The molecule has 0 aliphatic heterocycles. The molecular formula is C20H42N2O5. The number of carbonyl (C=O) groups excluding carboxylic acids is 3. The number of ketones is 1. The van der Waals surface area contributed by atoms with Gasteiger partial charge in [-0.3, -0.25) is 14.4 Å². The van der Waals surface area contributed by atoms with Gasteiger partial charge in [-0.2, -0.15) is 0 Å². The Morgan fingerprint density at radius 3 is 2.26 bits per heavy atom. The van der Waals surface area contributed by atoms with Crippen molar-refractivity contribution in [3.8, 4) is 0 Å². The molecule has 0 saturated heterocycles. The fourth-order valence-electron chi connectivity index (χ4n) is 2.72. The molecule has 2 amide bonds. The number of ether oxygens (including phenoxy) is 2. The number of hydrogen-bond donors (Lipinski definition) is 2. The Morgan fingerprint density at radius 2 is 1.70 bits per heavy atom. The number of nitrogens with one attached hydrogen (secondary N) is 2.